The van der Waals surface area contributed by atoms with E-state index in [1.165, 1.54) is 31.1 Å². The number of benzene rings is 3. The number of carbonyl (C=O) groups is 4. The molecule has 0 bridgehead atoms. The fraction of sp³-hybridized carbons (Fsp3) is 0.542. The molecular formula is C48H59N3O16. The third-order valence-electron chi connectivity index (χ3n) is 13.1. The van der Waals surface area contributed by atoms with Crippen LogP contribution in [-0.2, 0) is 47.9 Å². The Morgan fingerprint density at radius 3 is 2.28 bits per heavy atom. The molecular weight excluding hydrogens is 875 g/mol. The molecule has 4 heterocycles. The first kappa shape index (κ1) is 47.5. The number of amides is 3. The normalized spacial score (nSPS) is 25.8. The van der Waals surface area contributed by atoms with Gasteiger partial charge in [0.15, 0.2) is 23.0 Å². The molecule has 3 amide bonds. The smallest absolute Gasteiger partial charge is 0.415 e. The van der Waals surface area contributed by atoms with Crippen LogP contribution in [0.4, 0.5) is 20.1 Å². The highest BCUT2D eigenvalue weighted by molar-refractivity contribution is 5.84. The Hall–Kier alpha value is -6.02. The molecule has 4 aliphatic heterocycles. The van der Waals surface area contributed by atoms with Crippen molar-refractivity contribution in [2.45, 2.75) is 102 Å². The maximum absolute atomic E-state index is 13.6. The summed E-state index contributed by atoms with van der Waals surface area (Å²) in [5, 5.41) is 25.3. The highest BCUT2D eigenvalue weighted by Crippen LogP contribution is 2.54. The van der Waals surface area contributed by atoms with Crippen molar-refractivity contribution < 1.29 is 76.8 Å². The lowest BCUT2D eigenvalue weighted by Gasteiger charge is -2.46. The second-order valence-corrected chi connectivity index (χ2v) is 17.9. The summed E-state index contributed by atoms with van der Waals surface area (Å²) in [5.41, 5.74) is 4.28. The molecule has 0 spiro atoms. The van der Waals surface area contributed by atoms with Crippen LogP contribution in [0.15, 0.2) is 42.5 Å². The number of esters is 1. The molecule has 3 saturated heterocycles. The number of nitrogens with one attached hydrogen (secondary N) is 1. The topological polar surface area (TPSA) is 220 Å². The van der Waals surface area contributed by atoms with E-state index in [4.69, 9.17) is 47.4 Å². The molecule has 8 rings (SSSR count). The van der Waals surface area contributed by atoms with Crippen molar-refractivity contribution in [2.75, 3.05) is 60.1 Å². The van der Waals surface area contributed by atoms with E-state index in [0.717, 1.165) is 23.1 Å². The van der Waals surface area contributed by atoms with Crippen LogP contribution in [0, 0.1) is 11.8 Å². The number of hydrogen-bond donors (Lipinski definition) is 3. The average molecular weight is 934 g/mol. The number of nitrogens with zero attached hydrogens (tertiary/aromatic N) is 2. The molecule has 9 atom stereocenters. The standard InChI is InChI=1S/C48H59N3O16/c1-24(2)64-46(55)49-29-11-9-26(10-12-29)21-61-47(56)50(4)14-15-51(5)48(57)67-43-35(58-6)17-27(18-36(43)59-7)38-31-19-37-42(63-23-62-37)32(30(31)16-28-22-60-45(54)39(28)38)20-34-40(52)41(53)44-33(66-34)13-8-25(3)65-44/h9-12,17-19,24-25,28,33-34,38-41,44,52-53H,8,13-16,20-23H2,1-7H3,(H,49,55)/t25?,28-,33+,34-,38+,39?,40-,41+,44+/m0/s1. The summed E-state index contributed by atoms with van der Waals surface area (Å²) in [6.07, 6.45) is -4.35. The van der Waals surface area contributed by atoms with Gasteiger partial charge >= 0.3 is 24.2 Å². The number of aliphatic hydroxyl groups excluding tert-OH is 2. The van der Waals surface area contributed by atoms with Crippen LogP contribution in [0.2, 0.25) is 0 Å². The van der Waals surface area contributed by atoms with E-state index in [1.807, 2.05) is 13.0 Å². The van der Waals surface area contributed by atoms with E-state index in [0.29, 0.717) is 41.2 Å². The average Bonchev–Trinajstić information content (AvgIpc) is 3.94. The van der Waals surface area contributed by atoms with E-state index in [2.05, 4.69) is 5.32 Å². The van der Waals surface area contributed by atoms with Crippen molar-refractivity contribution in [2.24, 2.45) is 11.8 Å². The Balaban J connectivity index is 0.971. The summed E-state index contributed by atoms with van der Waals surface area (Å²) >= 11 is 0. The van der Waals surface area contributed by atoms with Crippen LogP contribution >= 0.6 is 0 Å². The lowest BCUT2D eigenvalue weighted by molar-refractivity contribution is -0.260. The van der Waals surface area contributed by atoms with Gasteiger partial charge in [-0.3, -0.25) is 10.1 Å². The van der Waals surface area contributed by atoms with Crippen molar-refractivity contribution >= 4 is 29.9 Å². The zero-order chi connectivity index (χ0) is 47.7. The van der Waals surface area contributed by atoms with Gasteiger partial charge in [-0.25, -0.2) is 14.4 Å². The molecule has 3 N–H and O–H groups in total. The zero-order valence-electron chi connectivity index (χ0n) is 38.7. The van der Waals surface area contributed by atoms with Crippen molar-refractivity contribution in [3.8, 4) is 28.7 Å². The first-order valence-electron chi connectivity index (χ1n) is 22.5. The number of rotatable bonds is 13. The molecule has 0 saturated carbocycles. The minimum absolute atomic E-state index is 0.00531. The molecule has 0 radical (unpaired) electrons. The molecule has 2 unspecified atom stereocenters. The first-order valence-corrected chi connectivity index (χ1v) is 22.5. The molecule has 3 fully saturated rings. The van der Waals surface area contributed by atoms with Gasteiger partial charge in [-0.05, 0) is 92.6 Å². The molecule has 1 aliphatic carbocycles. The number of cyclic esters (lactones) is 1. The van der Waals surface area contributed by atoms with Crippen LogP contribution < -0.4 is 29.0 Å². The fourth-order valence-corrected chi connectivity index (χ4v) is 9.58. The summed E-state index contributed by atoms with van der Waals surface area (Å²) < 4.78 is 58.3. The van der Waals surface area contributed by atoms with Gasteiger partial charge < -0.3 is 67.4 Å². The summed E-state index contributed by atoms with van der Waals surface area (Å²) in [6, 6.07) is 12.1. The minimum Gasteiger partial charge on any atom is -0.493 e. The van der Waals surface area contributed by atoms with Gasteiger partial charge in [-0.2, -0.15) is 0 Å². The highest BCUT2D eigenvalue weighted by Gasteiger charge is 2.51. The van der Waals surface area contributed by atoms with Gasteiger partial charge in [0.1, 0.15) is 24.9 Å². The SMILES string of the molecule is COc1cc([C@@H]2c3cc4c(c(C[C@@H]5O[C@@H]6CCC(C)O[C@H]6[C@H](O)[C@H]5O)c3C[C@H]3COC(=O)C32)OCO4)cc(OC)c1OC(=O)N(C)CCN(C)C(=O)OCc1ccc(NC(=O)OC(C)C)cc1. The monoisotopic (exact) mass is 933 g/mol. The Bertz CT molecular complexity index is 2300. The van der Waals surface area contributed by atoms with Crippen LogP contribution in [0.25, 0.3) is 0 Å². The highest BCUT2D eigenvalue weighted by atomic mass is 16.7. The molecule has 5 aliphatic rings. The van der Waals surface area contributed by atoms with Gasteiger partial charge in [-0.15, -0.1) is 0 Å². The number of ether oxygens (including phenoxy) is 10. The van der Waals surface area contributed by atoms with E-state index in [9.17, 15) is 29.4 Å². The molecule has 19 heteroatoms. The van der Waals surface area contributed by atoms with Crippen molar-refractivity contribution in [1.29, 1.82) is 0 Å². The summed E-state index contributed by atoms with van der Waals surface area (Å²) in [7, 11) is 5.93. The lowest BCUT2D eigenvalue weighted by atomic mass is 9.66. The number of hydrogen-bond acceptors (Lipinski definition) is 16. The van der Waals surface area contributed by atoms with Gasteiger partial charge in [0, 0.05) is 56.7 Å². The van der Waals surface area contributed by atoms with Crippen LogP contribution in [0.1, 0.15) is 67.3 Å². The zero-order valence-corrected chi connectivity index (χ0v) is 38.7. The number of anilines is 1. The maximum Gasteiger partial charge on any atom is 0.415 e. The van der Waals surface area contributed by atoms with Crippen LogP contribution in [0.5, 0.6) is 28.7 Å². The van der Waals surface area contributed by atoms with Crippen LogP contribution in [0.3, 0.4) is 0 Å². The second-order valence-electron chi connectivity index (χ2n) is 17.9. The Labute approximate surface area is 388 Å². The number of methoxy groups -OCH3 is 2. The van der Waals surface area contributed by atoms with E-state index in [1.54, 1.807) is 57.3 Å². The van der Waals surface area contributed by atoms with Gasteiger partial charge in [0.05, 0.1) is 51.2 Å². The summed E-state index contributed by atoms with van der Waals surface area (Å²) in [5.74, 6) is -0.440. The number of aliphatic hydroxyl groups is 2. The lowest BCUT2D eigenvalue weighted by Crippen LogP contribution is -2.61. The minimum atomic E-state index is -1.24. The predicted molar refractivity (Wildman–Crippen MR) is 237 cm³/mol. The Morgan fingerprint density at radius 2 is 1.60 bits per heavy atom. The van der Waals surface area contributed by atoms with E-state index < -0.39 is 60.6 Å². The Morgan fingerprint density at radius 1 is 0.896 bits per heavy atom. The molecule has 19 nitrogen and oxygen atoms in total. The summed E-state index contributed by atoms with van der Waals surface area (Å²) in [4.78, 5) is 54.5. The van der Waals surface area contributed by atoms with Crippen LogP contribution in [-0.4, -0.2) is 142 Å². The predicted octanol–water partition coefficient (Wildman–Crippen LogP) is 5.17. The van der Waals surface area contributed by atoms with Gasteiger partial charge in [0.25, 0.3) is 0 Å². The third-order valence-corrected chi connectivity index (χ3v) is 13.1. The van der Waals surface area contributed by atoms with Crippen molar-refractivity contribution in [3.05, 3.63) is 70.3 Å². The number of likely N-dealkylation sites (N-methyl/N-ethyl adjacent to an activating group) is 2. The summed E-state index contributed by atoms with van der Waals surface area (Å²) in [6.45, 7) is 5.79. The van der Waals surface area contributed by atoms with E-state index >= 15 is 0 Å². The van der Waals surface area contributed by atoms with Gasteiger partial charge in [-0.1, -0.05) is 12.1 Å². The quantitative estimate of drug-likeness (QED) is 0.149. The first-order chi connectivity index (χ1) is 32.1. The second kappa shape index (κ2) is 20.1. The molecule has 362 valence electrons. The molecule has 3 aromatic rings. The molecule has 3 aromatic carbocycles. The fourth-order valence-electron chi connectivity index (χ4n) is 9.58. The Kier molecular flexibility index (Phi) is 14.2. The van der Waals surface area contributed by atoms with E-state index in [-0.39, 0.29) is 80.9 Å². The van der Waals surface area contributed by atoms with Crippen molar-refractivity contribution in [3.63, 3.8) is 0 Å². The number of carbonyl (C=O) groups excluding carboxylic acids is 4. The molecule has 0 aromatic heterocycles. The van der Waals surface area contributed by atoms with Crippen molar-refractivity contribution in [1.82, 2.24) is 9.80 Å². The van der Waals surface area contributed by atoms with Gasteiger partial charge in [0.2, 0.25) is 12.5 Å². The molecule has 67 heavy (non-hydrogen) atoms. The largest absolute Gasteiger partial charge is 0.493 e. The maximum atomic E-state index is 13.6. The number of fused-ring (bicyclic) bond motifs is 4. The third kappa shape index (κ3) is 10.0.